The van der Waals surface area contributed by atoms with Crippen molar-refractivity contribution in [1.29, 1.82) is 0 Å². The average molecular weight is 249 g/mol. The van der Waals surface area contributed by atoms with Gasteiger partial charge in [0.2, 0.25) is 0 Å². The maximum atomic E-state index is 12.8. The number of likely N-dealkylation sites (tertiary alicyclic amines) is 1. The highest BCUT2D eigenvalue weighted by molar-refractivity contribution is 5.97. The van der Waals surface area contributed by atoms with Crippen molar-refractivity contribution in [1.82, 2.24) is 4.90 Å². The number of hydrogen-bond donors (Lipinski definition) is 0. The van der Waals surface area contributed by atoms with Gasteiger partial charge in [0.15, 0.2) is 5.78 Å². The highest BCUT2D eigenvalue weighted by Crippen LogP contribution is 2.17. The van der Waals surface area contributed by atoms with Crippen molar-refractivity contribution >= 4 is 5.78 Å². The van der Waals surface area contributed by atoms with E-state index in [4.69, 9.17) is 0 Å². The molecule has 1 fully saturated rings. The lowest BCUT2D eigenvalue weighted by atomic mass is 10.1. The predicted octanol–water partition coefficient (Wildman–Crippen LogP) is 3.27. The number of carbonyl (C=O) groups excluding carboxylic acids is 1. The second-order valence-electron chi connectivity index (χ2n) is 5.10. The normalized spacial score (nSPS) is 21.6. The Morgan fingerprint density at radius 2 is 2.00 bits per heavy atom. The van der Waals surface area contributed by atoms with Gasteiger partial charge in [0.1, 0.15) is 5.82 Å². The van der Waals surface area contributed by atoms with Crippen LogP contribution in [0.15, 0.2) is 24.3 Å². The standard InChI is InChI=1S/C15H20FNO/c1-12-5-3-2-4-10-17(12)11-15(18)13-6-8-14(16)9-7-13/h6-9,12H,2-5,10-11H2,1H3. The molecule has 0 spiro atoms. The average Bonchev–Trinajstić information content (AvgIpc) is 2.56. The highest BCUT2D eigenvalue weighted by atomic mass is 19.1. The number of benzene rings is 1. The molecule has 1 aromatic rings. The van der Waals surface area contributed by atoms with E-state index < -0.39 is 0 Å². The smallest absolute Gasteiger partial charge is 0.176 e. The van der Waals surface area contributed by atoms with E-state index in [1.807, 2.05) is 0 Å². The molecule has 0 aliphatic carbocycles. The summed E-state index contributed by atoms with van der Waals surface area (Å²) in [5, 5.41) is 0. The van der Waals surface area contributed by atoms with Crippen LogP contribution in [0.4, 0.5) is 4.39 Å². The molecule has 1 heterocycles. The van der Waals surface area contributed by atoms with Gasteiger partial charge in [-0.15, -0.1) is 0 Å². The van der Waals surface area contributed by atoms with Crippen molar-refractivity contribution in [3.05, 3.63) is 35.6 Å². The van der Waals surface area contributed by atoms with Gasteiger partial charge in [0, 0.05) is 11.6 Å². The van der Waals surface area contributed by atoms with E-state index in [9.17, 15) is 9.18 Å². The lowest BCUT2D eigenvalue weighted by Gasteiger charge is -2.25. The molecule has 0 bridgehead atoms. The Morgan fingerprint density at radius 3 is 2.72 bits per heavy atom. The van der Waals surface area contributed by atoms with Gasteiger partial charge in [-0.05, 0) is 50.6 Å². The molecule has 18 heavy (non-hydrogen) atoms. The van der Waals surface area contributed by atoms with Crippen LogP contribution in [0.5, 0.6) is 0 Å². The Bertz CT molecular complexity index is 401. The van der Waals surface area contributed by atoms with Crippen LogP contribution in [-0.2, 0) is 0 Å². The monoisotopic (exact) mass is 249 g/mol. The third-order valence-electron chi connectivity index (χ3n) is 3.70. The zero-order chi connectivity index (χ0) is 13.0. The van der Waals surface area contributed by atoms with Crippen molar-refractivity contribution in [3.63, 3.8) is 0 Å². The summed E-state index contributed by atoms with van der Waals surface area (Å²) in [6, 6.07) is 6.30. The predicted molar refractivity (Wildman–Crippen MR) is 70.2 cm³/mol. The van der Waals surface area contributed by atoms with E-state index in [0.29, 0.717) is 18.2 Å². The molecule has 2 rings (SSSR count). The first kappa shape index (κ1) is 13.2. The van der Waals surface area contributed by atoms with Gasteiger partial charge in [-0.3, -0.25) is 9.69 Å². The van der Waals surface area contributed by atoms with Crippen LogP contribution >= 0.6 is 0 Å². The van der Waals surface area contributed by atoms with Crippen molar-refractivity contribution in [3.8, 4) is 0 Å². The lowest BCUT2D eigenvalue weighted by Crippen LogP contribution is -2.37. The molecule has 0 saturated carbocycles. The summed E-state index contributed by atoms with van der Waals surface area (Å²) in [7, 11) is 0. The van der Waals surface area contributed by atoms with Gasteiger partial charge in [-0.1, -0.05) is 12.8 Å². The molecule has 0 amide bonds. The Labute approximate surface area is 108 Å². The number of ketones is 1. The van der Waals surface area contributed by atoms with Crippen LogP contribution in [-0.4, -0.2) is 29.8 Å². The number of halogens is 1. The van der Waals surface area contributed by atoms with Crippen LogP contribution in [0.1, 0.15) is 43.0 Å². The summed E-state index contributed by atoms with van der Waals surface area (Å²) in [6.45, 7) is 3.63. The molecule has 0 N–H and O–H groups in total. The van der Waals surface area contributed by atoms with E-state index in [2.05, 4.69) is 11.8 Å². The number of carbonyl (C=O) groups is 1. The van der Waals surface area contributed by atoms with Gasteiger partial charge in [-0.2, -0.15) is 0 Å². The fourth-order valence-corrected chi connectivity index (χ4v) is 2.48. The summed E-state index contributed by atoms with van der Waals surface area (Å²) in [5.74, 6) is -0.210. The van der Waals surface area contributed by atoms with Gasteiger partial charge >= 0.3 is 0 Å². The van der Waals surface area contributed by atoms with Crippen LogP contribution in [0.3, 0.4) is 0 Å². The van der Waals surface area contributed by atoms with Crippen molar-refractivity contribution in [2.75, 3.05) is 13.1 Å². The van der Waals surface area contributed by atoms with Gasteiger partial charge in [0.05, 0.1) is 6.54 Å². The number of Topliss-reactive ketones (excluding diaryl/α,β-unsaturated/α-hetero) is 1. The first-order chi connectivity index (χ1) is 8.66. The maximum absolute atomic E-state index is 12.8. The van der Waals surface area contributed by atoms with E-state index in [1.165, 1.54) is 31.4 Å². The third-order valence-corrected chi connectivity index (χ3v) is 3.70. The quantitative estimate of drug-likeness (QED) is 0.766. The molecule has 2 nitrogen and oxygen atoms in total. The summed E-state index contributed by atoms with van der Waals surface area (Å²) in [5.41, 5.74) is 0.604. The minimum atomic E-state index is -0.297. The second-order valence-corrected chi connectivity index (χ2v) is 5.10. The summed E-state index contributed by atoms with van der Waals surface area (Å²) >= 11 is 0. The summed E-state index contributed by atoms with van der Waals surface area (Å²) < 4.78 is 12.8. The second kappa shape index (κ2) is 6.10. The first-order valence-corrected chi connectivity index (χ1v) is 6.69. The molecular weight excluding hydrogens is 229 g/mol. The Balaban J connectivity index is 1.99. The Kier molecular flexibility index (Phi) is 4.48. The molecular formula is C15H20FNO. The molecule has 3 heteroatoms. The minimum Gasteiger partial charge on any atom is -0.293 e. The van der Waals surface area contributed by atoms with Crippen LogP contribution in [0.25, 0.3) is 0 Å². The van der Waals surface area contributed by atoms with Crippen molar-refractivity contribution in [2.24, 2.45) is 0 Å². The van der Waals surface area contributed by atoms with Crippen LogP contribution in [0.2, 0.25) is 0 Å². The molecule has 1 aliphatic heterocycles. The third kappa shape index (κ3) is 3.39. The van der Waals surface area contributed by atoms with E-state index in [1.54, 1.807) is 12.1 Å². The van der Waals surface area contributed by atoms with E-state index >= 15 is 0 Å². The van der Waals surface area contributed by atoms with Gasteiger partial charge in [0.25, 0.3) is 0 Å². The summed E-state index contributed by atoms with van der Waals surface area (Å²) in [6.07, 6.45) is 4.84. The van der Waals surface area contributed by atoms with E-state index in [-0.39, 0.29) is 11.6 Å². The zero-order valence-electron chi connectivity index (χ0n) is 10.9. The van der Waals surface area contributed by atoms with Crippen LogP contribution < -0.4 is 0 Å². The van der Waals surface area contributed by atoms with Crippen molar-refractivity contribution in [2.45, 2.75) is 38.6 Å². The van der Waals surface area contributed by atoms with E-state index in [0.717, 1.165) is 13.0 Å². The maximum Gasteiger partial charge on any atom is 0.176 e. The molecule has 98 valence electrons. The van der Waals surface area contributed by atoms with Gasteiger partial charge in [-0.25, -0.2) is 4.39 Å². The zero-order valence-corrected chi connectivity index (χ0v) is 10.9. The Hall–Kier alpha value is -1.22. The lowest BCUT2D eigenvalue weighted by molar-refractivity contribution is 0.0901. The largest absolute Gasteiger partial charge is 0.293 e. The molecule has 0 radical (unpaired) electrons. The number of nitrogens with zero attached hydrogens (tertiary/aromatic N) is 1. The highest BCUT2D eigenvalue weighted by Gasteiger charge is 2.19. The molecule has 1 unspecified atom stereocenters. The fraction of sp³-hybridized carbons (Fsp3) is 0.533. The minimum absolute atomic E-state index is 0.0868. The van der Waals surface area contributed by atoms with Crippen molar-refractivity contribution < 1.29 is 9.18 Å². The van der Waals surface area contributed by atoms with Gasteiger partial charge < -0.3 is 0 Å². The molecule has 1 aromatic carbocycles. The molecule has 0 aromatic heterocycles. The molecule has 1 aliphatic rings. The molecule has 1 atom stereocenters. The number of hydrogen-bond acceptors (Lipinski definition) is 2. The topological polar surface area (TPSA) is 20.3 Å². The molecule has 1 saturated heterocycles. The van der Waals surface area contributed by atoms with Crippen LogP contribution in [0, 0.1) is 5.82 Å². The number of rotatable bonds is 3. The fourth-order valence-electron chi connectivity index (χ4n) is 2.48. The SMILES string of the molecule is CC1CCCCCN1CC(=O)c1ccc(F)cc1. The summed E-state index contributed by atoms with van der Waals surface area (Å²) in [4.78, 5) is 14.4. The Morgan fingerprint density at radius 1 is 1.28 bits per heavy atom. The first-order valence-electron chi connectivity index (χ1n) is 6.69.